The van der Waals surface area contributed by atoms with Crippen LogP contribution in [0.1, 0.15) is 31.0 Å². The van der Waals surface area contributed by atoms with Crippen molar-refractivity contribution >= 4 is 12.0 Å². The molecule has 0 unspecified atom stereocenters. The Hall–Kier alpha value is -2.90. The maximum absolute atomic E-state index is 11.2. The summed E-state index contributed by atoms with van der Waals surface area (Å²) < 4.78 is 11.2. The van der Waals surface area contributed by atoms with E-state index in [1.807, 2.05) is 18.2 Å². The zero-order valence-electron chi connectivity index (χ0n) is 14.0. The lowest BCUT2D eigenvalue weighted by Crippen LogP contribution is -2.15. The number of para-hydroxylation sites is 1. The van der Waals surface area contributed by atoms with Gasteiger partial charge in [0.15, 0.2) is 17.3 Å². The van der Waals surface area contributed by atoms with Crippen LogP contribution in [-0.2, 0) is 0 Å². The summed E-state index contributed by atoms with van der Waals surface area (Å²) in [4.78, 5) is 15.0. The fraction of sp³-hybridized carbons (Fsp3) is 0.375. The monoisotopic (exact) mass is 331 g/mol. The Morgan fingerprint density at radius 2 is 2.25 bits per heavy atom. The molecule has 0 spiro atoms. The minimum atomic E-state index is -0.539. The van der Waals surface area contributed by atoms with Crippen molar-refractivity contribution in [3.63, 3.8) is 0 Å². The molecule has 0 saturated carbocycles. The molecule has 0 aliphatic rings. The van der Waals surface area contributed by atoms with Gasteiger partial charge in [0, 0.05) is 5.56 Å². The van der Waals surface area contributed by atoms with Gasteiger partial charge in [-0.05, 0) is 25.5 Å². The molecular weight excluding hydrogens is 310 g/mol. The van der Waals surface area contributed by atoms with Gasteiger partial charge in [-0.15, -0.1) is 0 Å². The van der Waals surface area contributed by atoms with Crippen molar-refractivity contribution in [3.05, 3.63) is 39.9 Å². The Kier molecular flexibility index (Phi) is 6.30. The Bertz CT molecular complexity index is 758. The van der Waals surface area contributed by atoms with Crippen LogP contribution in [0.15, 0.2) is 28.1 Å². The number of rotatable bonds is 8. The number of nitrogens with one attached hydrogen (secondary N) is 2. The topological polar surface area (TPSA) is 101 Å². The maximum Gasteiger partial charge on any atom is 0.363 e. The van der Waals surface area contributed by atoms with Crippen LogP contribution < -0.4 is 20.6 Å². The van der Waals surface area contributed by atoms with E-state index in [9.17, 15) is 4.79 Å². The molecule has 0 saturated heterocycles. The van der Waals surface area contributed by atoms with Gasteiger partial charge in [-0.1, -0.05) is 19.4 Å². The van der Waals surface area contributed by atoms with E-state index in [0.717, 1.165) is 18.4 Å². The average Bonchev–Trinajstić information content (AvgIpc) is 2.59. The molecule has 1 heterocycles. The number of ether oxygens (including phenoxy) is 2. The lowest BCUT2D eigenvalue weighted by molar-refractivity contribution is 0.288. The van der Waals surface area contributed by atoms with Gasteiger partial charge < -0.3 is 9.47 Å². The summed E-state index contributed by atoms with van der Waals surface area (Å²) in [6.07, 6.45) is 3.58. The number of hydrogen-bond donors (Lipinski definition) is 2. The molecule has 2 aromatic rings. The molecule has 0 atom stereocenters. The summed E-state index contributed by atoms with van der Waals surface area (Å²) >= 11 is 0. The number of unbranched alkanes of at least 4 members (excludes halogenated alkanes) is 1. The van der Waals surface area contributed by atoms with Gasteiger partial charge in [0.05, 0.1) is 19.9 Å². The molecule has 128 valence electrons. The molecule has 8 heteroatoms. The highest BCUT2D eigenvalue weighted by atomic mass is 16.5. The number of methoxy groups -OCH3 is 1. The fourth-order valence-corrected chi connectivity index (χ4v) is 1.93. The van der Waals surface area contributed by atoms with Gasteiger partial charge in [0.25, 0.3) is 0 Å². The van der Waals surface area contributed by atoms with E-state index in [4.69, 9.17) is 9.47 Å². The fourth-order valence-electron chi connectivity index (χ4n) is 1.93. The molecular formula is C16H21N5O3. The molecule has 1 aromatic carbocycles. The molecule has 0 aliphatic heterocycles. The molecule has 2 N–H and O–H groups in total. The van der Waals surface area contributed by atoms with Crippen LogP contribution in [-0.4, -0.2) is 35.1 Å². The third-order valence-electron chi connectivity index (χ3n) is 3.22. The van der Waals surface area contributed by atoms with Gasteiger partial charge in [0.2, 0.25) is 0 Å². The van der Waals surface area contributed by atoms with Gasteiger partial charge >= 0.3 is 5.69 Å². The zero-order chi connectivity index (χ0) is 17.4. The first kappa shape index (κ1) is 17.5. The highest BCUT2D eigenvalue weighted by molar-refractivity contribution is 5.85. The smallest absolute Gasteiger partial charge is 0.363 e. The largest absolute Gasteiger partial charge is 0.493 e. The Morgan fingerprint density at radius 3 is 3.00 bits per heavy atom. The Morgan fingerprint density at radius 1 is 1.42 bits per heavy atom. The van der Waals surface area contributed by atoms with Crippen LogP contribution in [0.25, 0.3) is 0 Å². The van der Waals surface area contributed by atoms with Crippen molar-refractivity contribution in [2.24, 2.45) is 5.10 Å². The third-order valence-corrected chi connectivity index (χ3v) is 3.22. The van der Waals surface area contributed by atoms with Gasteiger partial charge in [-0.3, -0.25) is 5.43 Å². The van der Waals surface area contributed by atoms with E-state index in [2.05, 4.69) is 32.6 Å². The van der Waals surface area contributed by atoms with Crippen molar-refractivity contribution in [1.82, 2.24) is 15.2 Å². The molecule has 24 heavy (non-hydrogen) atoms. The average molecular weight is 331 g/mol. The van der Waals surface area contributed by atoms with Crippen molar-refractivity contribution in [2.45, 2.75) is 26.7 Å². The predicted molar refractivity (Wildman–Crippen MR) is 92.0 cm³/mol. The van der Waals surface area contributed by atoms with Crippen molar-refractivity contribution in [1.29, 1.82) is 0 Å². The van der Waals surface area contributed by atoms with E-state index < -0.39 is 5.69 Å². The number of anilines is 1. The summed E-state index contributed by atoms with van der Waals surface area (Å²) in [7, 11) is 1.59. The number of benzene rings is 1. The van der Waals surface area contributed by atoms with Crippen LogP contribution in [0.3, 0.4) is 0 Å². The van der Waals surface area contributed by atoms with E-state index >= 15 is 0 Å². The second kappa shape index (κ2) is 8.66. The molecule has 0 fully saturated rings. The van der Waals surface area contributed by atoms with Crippen LogP contribution in [0.5, 0.6) is 11.5 Å². The molecule has 8 nitrogen and oxygen atoms in total. The van der Waals surface area contributed by atoms with Crippen LogP contribution >= 0.6 is 0 Å². The second-order valence-electron chi connectivity index (χ2n) is 5.03. The Labute approximate surface area is 139 Å². The first-order chi connectivity index (χ1) is 11.7. The number of nitrogens with zero attached hydrogens (tertiary/aromatic N) is 3. The molecule has 0 bridgehead atoms. The zero-order valence-corrected chi connectivity index (χ0v) is 14.0. The van der Waals surface area contributed by atoms with E-state index in [0.29, 0.717) is 29.6 Å². The predicted octanol–water partition coefficient (Wildman–Crippen LogP) is 2.11. The second-order valence-corrected chi connectivity index (χ2v) is 5.03. The molecule has 2 rings (SSSR count). The number of H-pyrrole nitrogens is 1. The first-order valence-electron chi connectivity index (χ1n) is 7.68. The van der Waals surface area contributed by atoms with Crippen molar-refractivity contribution in [2.75, 3.05) is 19.1 Å². The van der Waals surface area contributed by atoms with E-state index in [1.165, 1.54) is 0 Å². The number of aromatic nitrogens is 3. The molecule has 0 aliphatic carbocycles. The number of aryl methyl sites for hydroxylation is 1. The van der Waals surface area contributed by atoms with Gasteiger partial charge in [-0.2, -0.15) is 15.2 Å². The summed E-state index contributed by atoms with van der Waals surface area (Å²) in [5.74, 6) is 1.57. The minimum absolute atomic E-state index is 0.298. The van der Waals surface area contributed by atoms with Gasteiger partial charge in [0.1, 0.15) is 5.69 Å². The number of hydrogen-bond acceptors (Lipinski definition) is 7. The van der Waals surface area contributed by atoms with Crippen LogP contribution in [0.2, 0.25) is 0 Å². The van der Waals surface area contributed by atoms with Crippen molar-refractivity contribution < 1.29 is 9.47 Å². The summed E-state index contributed by atoms with van der Waals surface area (Å²) in [5, 5.41) is 10.2. The van der Waals surface area contributed by atoms with Crippen LogP contribution in [0.4, 0.5) is 5.82 Å². The molecule has 0 amide bonds. The third kappa shape index (κ3) is 4.55. The summed E-state index contributed by atoms with van der Waals surface area (Å²) in [6, 6.07) is 5.55. The van der Waals surface area contributed by atoms with E-state index in [-0.39, 0.29) is 0 Å². The molecule has 0 radical (unpaired) electrons. The normalized spacial score (nSPS) is 10.8. The van der Waals surface area contributed by atoms with Crippen molar-refractivity contribution in [3.8, 4) is 11.5 Å². The lowest BCUT2D eigenvalue weighted by atomic mass is 10.2. The minimum Gasteiger partial charge on any atom is -0.493 e. The number of aromatic amines is 1. The van der Waals surface area contributed by atoms with Crippen LogP contribution in [0, 0.1) is 6.92 Å². The SMILES string of the molecule is CCCCOc1c(/C=N\Nc2nc(=O)[nH]nc2C)cccc1OC. The quantitative estimate of drug-likeness (QED) is 0.436. The van der Waals surface area contributed by atoms with E-state index in [1.54, 1.807) is 20.2 Å². The van der Waals surface area contributed by atoms with Gasteiger partial charge in [-0.25, -0.2) is 9.89 Å². The number of hydrazone groups is 1. The molecule has 1 aromatic heterocycles. The lowest BCUT2D eigenvalue weighted by Gasteiger charge is -2.12. The maximum atomic E-state index is 11.2. The highest BCUT2D eigenvalue weighted by Crippen LogP contribution is 2.30. The first-order valence-corrected chi connectivity index (χ1v) is 7.68. The standard InChI is InChI=1S/C16H21N5O3/c1-4-5-9-24-14-12(7-6-8-13(14)23-3)10-17-20-15-11(2)19-21-16(22)18-15/h6-8,10H,4-5,9H2,1-3H3,(H2,18,20,21,22)/b17-10-. The Balaban J connectivity index is 2.18. The highest BCUT2D eigenvalue weighted by Gasteiger charge is 2.09. The summed E-state index contributed by atoms with van der Waals surface area (Å²) in [6.45, 7) is 4.41. The summed E-state index contributed by atoms with van der Waals surface area (Å²) in [5.41, 5.74) is 3.47.